The molecule has 1 N–H and O–H groups in total. The van der Waals surface area contributed by atoms with Crippen LogP contribution in [0.1, 0.15) is 12.0 Å². The SMILES string of the molecule is O=C(CCc1cnn(-c2ccccc2)c1)Nc1ccc2c(c1)OCCO2. The molecule has 1 aliphatic rings. The van der Waals surface area contributed by atoms with Crippen molar-refractivity contribution in [3.8, 4) is 17.2 Å². The number of para-hydroxylation sites is 1. The topological polar surface area (TPSA) is 65.4 Å². The lowest BCUT2D eigenvalue weighted by molar-refractivity contribution is -0.116. The molecule has 0 unspecified atom stereocenters. The molecule has 26 heavy (non-hydrogen) atoms. The van der Waals surface area contributed by atoms with E-state index in [0.717, 1.165) is 11.3 Å². The molecule has 0 atom stereocenters. The van der Waals surface area contributed by atoms with Crippen LogP contribution in [-0.4, -0.2) is 28.9 Å². The maximum Gasteiger partial charge on any atom is 0.224 e. The second-order valence-electron chi connectivity index (χ2n) is 6.04. The smallest absolute Gasteiger partial charge is 0.224 e. The number of hydrogen-bond donors (Lipinski definition) is 1. The van der Waals surface area contributed by atoms with Gasteiger partial charge < -0.3 is 14.8 Å². The number of rotatable bonds is 5. The molecule has 1 aliphatic heterocycles. The Hall–Kier alpha value is -3.28. The van der Waals surface area contributed by atoms with Crippen molar-refractivity contribution in [2.75, 3.05) is 18.5 Å². The number of nitrogens with one attached hydrogen (secondary N) is 1. The van der Waals surface area contributed by atoms with E-state index in [1.54, 1.807) is 12.3 Å². The highest BCUT2D eigenvalue weighted by molar-refractivity contribution is 5.91. The zero-order valence-electron chi connectivity index (χ0n) is 14.2. The number of fused-ring (bicyclic) bond motifs is 1. The van der Waals surface area contributed by atoms with Crippen molar-refractivity contribution in [2.45, 2.75) is 12.8 Å². The van der Waals surface area contributed by atoms with Gasteiger partial charge in [-0.05, 0) is 36.2 Å². The number of amides is 1. The highest BCUT2D eigenvalue weighted by atomic mass is 16.6. The minimum atomic E-state index is -0.0471. The number of nitrogens with zero attached hydrogens (tertiary/aromatic N) is 2. The molecule has 0 radical (unpaired) electrons. The second-order valence-corrected chi connectivity index (χ2v) is 6.04. The average molecular weight is 349 g/mol. The largest absolute Gasteiger partial charge is 0.486 e. The highest BCUT2D eigenvalue weighted by Gasteiger charge is 2.13. The molecule has 6 heteroatoms. The van der Waals surface area contributed by atoms with E-state index in [1.165, 1.54) is 0 Å². The fraction of sp³-hybridized carbons (Fsp3) is 0.200. The van der Waals surface area contributed by atoms with Crippen LogP contribution in [0.2, 0.25) is 0 Å². The average Bonchev–Trinajstić information content (AvgIpc) is 3.16. The third-order valence-electron chi connectivity index (χ3n) is 4.12. The van der Waals surface area contributed by atoms with Crippen molar-refractivity contribution in [1.29, 1.82) is 0 Å². The fourth-order valence-electron chi connectivity index (χ4n) is 2.81. The Bertz CT molecular complexity index is 906. The number of carbonyl (C=O) groups excluding carboxylic acids is 1. The lowest BCUT2D eigenvalue weighted by Gasteiger charge is -2.19. The Labute approximate surface area is 151 Å². The molecule has 2 heterocycles. The van der Waals surface area contributed by atoms with Crippen LogP contribution in [0.4, 0.5) is 5.69 Å². The number of anilines is 1. The molecule has 3 aromatic rings. The zero-order valence-corrected chi connectivity index (χ0v) is 14.2. The van der Waals surface area contributed by atoms with Gasteiger partial charge in [0.1, 0.15) is 13.2 Å². The van der Waals surface area contributed by atoms with Gasteiger partial charge in [-0.1, -0.05) is 18.2 Å². The predicted octanol–water partition coefficient (Wildman–Crippen LogP) is 3.21. The number of ether oxygens (including phenoxy) is 2. The predicted molar refractivity (Wildman–Crippen MR) is 97.9 cm³/mol. The van der Waals surface area contributed by atoms with Gasteiger partial charge in [0.25, 0.3) is 0 Å². The molecule has 0 spiro atoms. The molecule has 4 rings (SSSR count). The first-order valence-electron chi connectivity index (χ1n) is 8.56. The molecular weight excluding hydrogens is 330 g/mol. The molecule has 132 valence electrons. The van der Waals surface area contributed by atoms with Gasteiger partial charge in [-0.15, -0.1) is 0 Å². The lowest BCUT2D eigenvalue weighted by Crippen LogP contribution is -2.16. The van der Waals surface area contributed by atoms with Gasteiger partial charge in [0.2, 0.25) is 5.91 Å². The van der Waals surface area contributed by atoms with Crippen molar-refractivity contribution in [3.05, 3.63) is 66.5 Å². The first kappa shape index (κ1) is 16.2. The maximum absolute atomic E-state index is 12.2. The summed E-state index contributed by atoms with van der Waals surface area (Å²) < 4.78 is 12.8. The van der Waals surface area contributed by atoms with Gasteiger partial charge in [-0.25, -0.2) is 4.68 Å². The van der Waals surface area contributed by atoms with Crippen molar-refractivity contribution in [1.82, 2.24) is 9.78 Å². The van der Waals surface area contributed by atoms with Gasteiger partial charge in [-0.2, -0.15) is 5.10 Å². The summed E-state index contributed by atoms with van der Waals surface area (Å²) in [4.78, 5) is 12.2. The van der Waals surface area contributed by atoms with Crippen LogP contribution in [0, 0.1) is 0 Å². The summed E-state index contributed by atoms with van der Waals surface area (Å²) in [7, 11) is 0. The summed E-state index contributed by atoms with van der Waals surface area (Å²) in [6.07, 6.45) is 4.76. The zero-order chi connectivity index (χ0) is 17.8. The number of aryl methyl sites for hydroxylation is 1. The van der Waals surface area contributed by atoms with Gasteiger partial charge in [0.05, 0.1) is 11.9 Å². The van der Waals surface area contributed by atoms with Crippen LogP contribution in [-0.2, 0) is 11.2 Å². The number of benzene rings is 2. The third kappa shape index (κ3) is 3.69. The molecule has 0 fully saturated rings. The van der Waals surface area contributed by atoms with Gasteiger partial charge >= 0.3 is 0 Å². The van der Waals surface area contributed by atoms with E-state index in [0.29, 0.717) is 43.2 Å². The normalized spacial score (nSPS) is 12.6. The quantitative estimate of drug-likeness (QED) is 0.768. The molecular formula is C20H19N3O3. The number of aromatic nitrogens is 2. The van der Waals surface area contributed by atoms with Gasteiger partial charge in [0, 0.05) is 24.4 Å². The first-order valence-corrected chi connectivity index (χ1v) is 8.56. The van der Waals surface area contributed by atoms with Crippen LogP contribution in [0.3, 0.4) is 0 Å². The van der Waals surface area contributed by atoms with Crippen LogP contribution >= 0.6 is 0 Å². The summed E-state index contributed by atoms with van der Waals surface area (Å²) in [5, 5.41) is 7.25. The summed E-state index contributed by atoms with van der Waals surface area (Å²) >= 11 is 0. The Kier molecular flexibility index (Phi) is 4.55. The van der Waals surface area contributed by atoms with Crippen molar-refractivity contribution < 1.29 is 14.3 Å². The van der Waals surface area contributed by atoms with Crippen molar-refractivity contribution in [2.24, 2.45) is 0 Å². The standard InChI is InChI=1S/C20H19N3O3/c24-20(22-16-7-8-18-19(12-16)26-11-10-25-18)9-6-15-13-21-23(14-15)17-4-2-1-3-5-17/h1-5,7-8,12-14H,6,9-11H2,(H,22,24). The van der Waals surface area contributed by atoms with Gasteiger partial charge in [0.15, 0.2) is 11.5 Å². The summed E-state index contributed by atoms with van der Waals surface area (Å²) in [5.41, 5.74) is 2.73. The van der Waals surface area contributed by atoms with E-state index in [-0.39, 0.29) is 5.91 Å². The van der Waals surface area contributed by atoms with Crippen LogP contribution in [0.25, 0.3) is 5.69 Å². The summed E-state index contributed by atoms with van der Waals surface area (Å²) in [6.45, 7) is 1.07. The second kappa shape index (κ2) is 7.31. The number of carbonyl (C=O) groups is 1. The molecule has 6 nitrogen and oxygen atoms in total. The molecule has 0 bridgehead atoms. The lowest BCUT2D eigenvalue weighted by atomic mass is 10.2. The Morgan fingerprint density at radius 1 is 1.08 bits per heavy atom. The molecule has 0 saturated heterocycles. The Morgan fingerprint density at radius 3 is 2.73 bits per heavy atom. The molecule has 1 aromatic heterocycles. The van der Waals surface area contributed by atoms with Crippen molar-refractivity contribution in [3.63, 3.8) is 0 Å². The molecule has 0 saturated carbocycles. The minimum absolute atomic E-state index is 0.0471. The molecule has 2 aromatic carbocycles. The Morgan fingerprint density at radius 2 is 1.88 bits per heavy atom. The van der Waals surface area contributed by atoms with Gasteiger partial charge in [-0.3, -0.25) is 4.79 Å². The number of hydrogen-bond acceptors (Lipinski definition) is 4. The van der Waals surface area contributed by atoms with Crippen molar-refractivity contribution >= 4 is 11.6 Å². The Balaban J connectivity index is 1.34. The van der Waals surface area contributed by atoms with E-state index in [9.17, 15) is 4.79 Å². The third-order valence-corrected chi connectivity index (χ3v) is 4.12. The maximum atomic E-state index is 12.2. The van der Waals surface area contributed by atoms with Crippen LogP contribution in [0.15, 0.2) is 60.9 Å². The highest BCUT2D eigenvalue weighted by Crippen LogP contribution is 2.32. The summed E-state index contributed by atoms with van der Waals surface area (Å²) in [5.74, 6) is 1.33. The molecule has 1 amide bonds. The van der Waals surface area contributed by atoms with E-state index < -0.39 is 0 Å². The molecule has 0 aliphatic carbocycles. The van der Waals surface area contributed by atoms with E-state index in [1.807, 2.05) is 53.3 Å². The first-order chi connectivity index (χ1) is 12.8. The van der Waals surface area contributed by atoms with E-state index >= 15 is 0 Å². The monoisotopic (exact) mass is 349 g/mol. The van der Waals surface area contributed by atoms with E-state index in [2.05, 4.69) is 10.4 Å². The van der Waals surface area contributed by atoms with Crippen LogP contribution < -0.4 is 14.8 Å². The summed E-state index contributed by atoms with van der Waals surface area (Å²) in [6, 6.07) is 15.3. The van der Waals surface area contributed by atoms with E-state index in [4.69, 9.17) is 9.47 Å². The fourth-order valence-corrected chi connectivity index (χ4v) is 2.81. The van der Waals surface area contributed by atoms with Crippen LogP contribution in [0.5, 0.6) is 11.5 Å². The minimum Gasteiger partial charge on any atom is -0.486 e.